The first-order chi connectivity index (χ1) is 14.7. The second-order valence-corrected chi connectivity index (χ2v) is 7.68. The lowest BCUT2D eigenvalue weighted by atomic mass is 10.1. The Kier molecular flexibility index (Phi) is 6.29. The number of hydrogen-bond donors (Lipinski definition) is 0. The number of aryl methyl sites for hydroxylation is 3. The smallest absolute Gasteiger partial charge is 0.133 e. The molecule has 4 aromatic rings. The Morgan fingerprint density at radius 1 is 0.867 bits per heavy atom. The van der Waals surface area contributed by atoms with Crippen molar-refractivity contribution in [2.24, 2.45) is 0 Å². The molecule has 4 rings (SSSR count). The number of rotatable bonds is 8. The number of hydrogen-bond acceptors (Lipinski definition) is 2. The molecular formula is C27H28N2O. The van der Waals surface area contributed by atoms with Crippen molar-refractivity contribution in [3.8, 4) is 5.75 Å². The van der Waals surface area contributed by atoms with Gasteiger partial charge in [-0.2, -0.15) is 0 Å². The summed E-state index contributed by atoms with van der Waals surface area (Å²) in [6.07, 6.45) is 6.28. The van der Waals surface area contributed by atoms with Crippen LogP contribution in [0.5, 0.6) is 5.75 Å². The minimum atomic E-state index is 0.728. The third kappa shape index (κ3) is 4.80. The van der Waals surface area contributed by atoms with Crippen molar-refractivity contribution in [2.75, 3.05) is 6.61 Å². The second kappa shape index (κ2) is 9.45. The number of fused-ring (bicyclic) bond motifs is 1. The van der Waals surface area contributed by atoms with Crippen LogP contribution < -0.4 is 4.74 Å². The van der Waals surface area contributed by atoms with Crippen LogP contribution in [0.3, 0.4) is 0 Å². The Bertz CT molecular complexity index is 1140. The highest BCUT2D eigenvalue weighted by molar-refractivity contribution is 5.79. The number of nitrogens with zero attached hydrogens (tertiary/aromatic N) is 2. The molecule has 0 bridgehead atoms. The number of para-hydroxylation sites is 2. The van der Waals surface area contributed by atoms with Crippen molar-refractivity contribution in [1.29, 1.82) is 0 Å². The van der Waals surface area contributed by atoms with E-state index in [2.05, 4.69) is 91.2 Å². The summed E-state index contributed by atoms with van der Waals surface area (Å²) in [6.45, 7) is 5.84. The highest BCUT2D eigenvalue weighted by Crippen LogP contribution is 2.21. The molecule has 0 spiro atoms. The molecule has 152 valence electrons. The van der Waals surface area contributed by atoms with E-state index in [1.807, 2.05) is 12.1 Å². The van der Waals surface area contributed by atoms with Gasteiger partial charge in [-0.15, -0.1) is 0 Å². The lowest BCUT2D eigenvalue weighted by Gasteiger charge is -2.11. The van der Waals surface area contributed by atoms with Crippen LogP contribution in [0.4, 0.5) is 0 Å². The van der Waals surface area contributed by atoms with Gasteiger partial charge in [-0.25, -0.2) is 4.98 Å². The third-order valence-corrected chi connectivity index (χ3v) is 5.29. The predicted octanol–water partition coefficient (Wildman–Crippen LogP) is 6.68. The zero-order valence-electron chi connectivity index (χ0n) is 17.7. The van der Waals surface area contributed by atoms with Gasteiger partial charge >= 0.3 is 0 Å². The van der Waals surface area contributed by atoms with Crippen LogP contribution in [-0.4, -0.2) is 16.2 Å². The van der Waals surface area contributed by atoms with Crippen molar-refractivity contribution >= 4 is 23.2 Å². The van der Waals surface area contributed by atoms with Gasteiger partial charge in [0.05, 0.1) is 17.6 Å². The SMILES string of the molecule is Cc1ccc(C)c(OCCCCn2c(/C=C/c3ccccc3)nc3ccccc32)c1. The minimum absolute atomic E-state index is 0.728. The molecule has 0 unspecified atom stereocenters. The monoisotopic (exact) mass is 396 g/mol. The maximum atomic E-state index is 6.02. The summed E-state index contributed by atoms with van der Waals surface area (Å²) < 4.78 is 8.33. The molecule has 3 heteroatoms. The molecule has 1 heterocycles. The summed E-state index contributed by atoms with van der Waals surface area (Å²) in [5.74, 6) is 1.99. The molecule has 0 saturated carbocycles. The number of aromatic nitrogens is 2. The molecule has 3 nitrogen and oxygen atoms in total. The van der Waals surface area contributed by atoms with Crippen molar-refractivity contribution in [2.45, 2.75) is 33.2 Å². The van der Waals surface area contributed by atoms with Gasteiger partial charge < -0.3 is 9.30 Å². The Morgan fingerprint density at radius 2 is 1.67 bits per heavy atom. The average Bonchev–Trinajstić information content (AvgIpc) is 3.12. The van der Waals surface area contributed by atoms with Gasteiger partial charge in [-0.1, -0.05) is 60.7 Å². The molecule has 30 heavy (non-hydrogen) atoms. The Hall–Kier alpha value is -3.33. The first-order valence-electron chi connectivity index (χ1n) is 10.6. The summed E-state index contributed by atoms with van der Waals surface area (Å²) in [6, 6.07) is 25.1. The van der Waals surface area contributed by atoms with Crippen LogP contribution in [0.25, 0.3) is 23.2 Å². The van der Waals surface area contributed by atoms with Crippen LogP contribution in [0.2, 0.25) is 0 Å². The van der Waals surface area contributed by atoms with Gasteiger partial charge in [0, 0.05) is 6.54 Å². The quantitative estimate of drug-likeness (QED) is 0.311. The summed E-state index contributed by atoms with van der Waals surface area (Å²) in [5.41, 5.74) is 5.82. The first-order valence-corrected chi connectivity index (χ1v) is 10.6. The largest absolute Gasteiger partial charge is 0.493 e. The zero-order chi connectivity index (χ0) is 20.8. The van der Waals surface area contributed by atoms with E-state index in [0.717, 1.165) is 43.1 Å². The molecule has 0 aliphatic heterocycles. The lowest BCUT2D eigenvalue weighted by molar-refractivity contribution is 0.301. The fraction of sp³-hybridized carbons (Fsp3) is 0.222. The second-order valence-electron chi connectivity index (χ2n) is 7.68. The highest BCUT2D eigenvalue weighted by Gasteiger charge is 2.08. The topological polar surface area (TPSA) is 27.1 Å². The minimum Gasteiger partial charge on any atom is -0.493 e. The maximum Gasteiger partial charge on any atom is 0.133 e. The molecule has 0 saturated heterocycles. The maximum absolute atomic E-state index is 6.02. The van der Waals surface area contributed by atoms with E-state index < -0.39 is 0 Å². The standard InChI is InChI=1S/C27H28N2O/c1-21-14-15-22(2)26(20-21)30-19-9-8-18-29-25-13-7-6-12-24(25)28-27(29)17-16-23-10-4-3-5-11-23/h3-7,10-17,20H,8-9,18-19H2,1-2H3/b17-16+. The van der Waals surface area contributed by atoms with E-state index in [4.69, 9.17) is 9.72 Å². The van der Waals surface area contributed by atoms with E-state index in [9.17, 15) is 0 Å². The molecule has 1 aromatic heterocycles. The number of unbranched alkanes of at least 4 members (excludes halogenated alkanes) is 1. The molecular weight excluding hydrogens is 368 g/mol. The number of benzene rings is 3. The molecule has 0 atom stereocenters. The summed E-state index contributed by atoms with van der Waals surface area (Å²) in [4.78, 5) is 4.84. The van der Waals surface area contributed by atoms with Crippen molar-refractivity contribution in [3.63, 3.8) is 0 Å². The van der Waals surface area contributed by atoms with E-state index in [1.165, 1.54) is 22.2 Å². The number of imidazole rings is 1. The summed E-state index contributed by atoms with van der Waals surface area (Å²) >= 11 is 0. The fourth-order valence-corrected chi connectivity index (χ4v) is 3.61. The molecule has 0 amide bonds. The number of ether oxygens (including phenoxy) is 1. The van der Waals surface area contributed by atoms with Crippen molar-refractivity contribution in [1.82, 2.24) is 9.55 Å². The van der Waals surface area contributed by atoms with E-state index in [1.54, 1.807) is 0 Å². The fourth-order valence-electron chi connectivity index (χ4n) is 3.61. The van der Waals surface area contributed by atoms with Gasteiger partial charge in [-0.05, 0) is 67.7 Å². The molecule has 0 aliphatic rings. The van der Waals surface area contributed by atoms with Crippen LogP contribution in [0.1, 0.15) is 35.4 Å². The van der Waals surface area contributed by atoms with Gasteiger partial charge in [0.1, 0.15) is 11.6 Å². The zero-order valence-corrected chi connectivity index (χ0v) is 17.7. The normalized spacial score (nSPS) is 11.4. The first kappa shape index (κ1) is 20.0. The van der Waals surface area contributed by atoms with Crippen molar-refractivity contribution < 1.29 is 4.74 Å². The third-order valence-electron chi connectivity index (χ3n) is 5.29. The molecule has 0 aliphatic carbocycles. The van der Waals surface area contributed by atoms with Gasteiger partial charge in [0.15, 0.2) is 0 Å². The van der Waals surface area contributed by atoms with Gasteiger partial charge in [0.2, 0.25) is 0 Å². The van der Waals surface area contributed by atoms with E-state index >= 15 is 0 Å². The van der Waals surface area contributed by atoms with Crippen LogP contribution in [-0.2, 0) is 6.54 Å². The van der Waals surface area contributed by atoms with Crippen LogP contribution in [0.15, 0.2) is 72.8 Å². The average molecular weight is 397 g/mol. The molecule has 3 aromatic carbocycles. The Morgan fingerprint density at radius 3 is 2.53 bits per heavy atom. The van der Waals surface area contributed by atoms with Gasteiger partial charge in [-0.3, -0.25) is 0 Å². The van der Waals surface area contributed by atoms with Crippen LogP contribution >= 0.6 is 0 Å². The summed E-state index contributed by atoms with van der Waals surface area (Å²) in [7, 11) is 0. The Labute approximate surface area is 178 Å². The van der Waals surface area contributed by atoms with E-state index in [0.29, 0.717) is 0 Å². The molecule has 0 radical (unpaired) electrons. The molecule has 0 N–H and O–H groups in total. The van der Waals surface area contributed by atoms with E-state index in [-0.39, 0.29) is 0 Å². The summed E-state index contributed by atoms with van der Waals surface area (Å²) in [5, 5.41) is 0. The lowest BCUT2D eigenvalue weighted by Crippen LogP contribution is -2.04. The van der Waals surface area contributed by atoms with Crippen molar-refractivity contribution in [3.05, 3.63) is 95.3 Å². The molecule has 0 fully saturated rings. The van der Waals surface area contributed by atoms with Crippen LogP contribution in [0, 0.1) is 13.8 Å². The van der Waals surface area contributed by atoms with Gasteiger partial charge in [0.25, 0.3) is 0 Å². The highest BCUT2D eigenvalue weighted by atomic mass is 16.5. The Balaban J connectivity index is 1.42. The predicted molar refractivity (Wildman–Crippen MR) is 126 cm³/mol.